The molecule has 1 saturated heterocycles. The normalized spacial score (nSPS) is 13.4. The first-order chi connectivity index (χ1) is 9.81. The molecule has 0 N–H and O–H groups in total. The quantitative estimate of drug-likeness (QED) is 0.475. The maximum absolute atomic E-state index is 4.70. The average molecular weight is 516 g/mol. The molecule has 0 amide bonds. The van der Waals surface area contributed by atoms with Crippen molar-refractivity contribution in [2.24, 2.45) is 0 Å². The van der Waals surface area contributed by atoms with Crippen molar-refractivity contribution in [3.05, 3.63) is 0 Å². The van der Waals surface area contributed by atoms with Gasteiger partial charge in [-0.2, -0.15) is 0 Å². The zero-order chi connectivity index (χ0) is 14.9. The maximum atomic E-state index is 4.70. The second-order valence-electron chi connectivity index (χ2n) is 3.11. The van der Waals surface area contributed by atoms with E-state index in [2.05, 4.69) is 11.9 Å². The Morgan fingerprint density at radius 3 is 1.20 bits per heavy atom. The van der Waals surface area contributed by atoms with Gasteiger partial charge < -0.3 is 4.90 Å². The summed E-state index contributed by atoms with van der Waals surface area (Å²) in [6.45, 7) is 2.64. The molecule has 0 aromatic carbocycles. The number of nitrogens with zero attached hydrogens (tertiary/aromatic N) is 1. The highest BCUT2D eigenvalue weighted by Gasteiger charge is 2.02. The van der Waals surface area contributed by atoms with Crippen LogP contribution in [0.5, 0.6) is 0 Å². The van der Waals surface area contributed by atoms with Gasteiger partial charge in [-0.1, -0.05) is 6.42 Å². The van der Waals surface area contributed by atoms with Crippen LogP contribution in [0.4, 0.5) is 0 Å². The molecule has 1 aliphatic heterocycles. The van der Waals surface area contributed by atoms with Crippen LogP contribution < -0.4 is 0 Å². The first kappa shape index (κ1) is 22.8. The third-order valence-electron chi connectivity index (χ3n) is 1.86. The van der Waals surface area contributed by atoms with Crippen molar-refractivity contribution in [2.45, 2.75) is 19.3 Å². The van der Waals surface area contributed by atoms with Crippen molar-refractivity contribution in [3.8, 4) is 0 Å². The Kier molecular flexibility index (Phi) is 22.7. The van der Waals surface area contributed by atoms with Crippen molar-refractivity contribution < 1.29 is 0 Å². The Labute approximate surface area is 161 Å². The van der Waals surface area contributed by atoms with Crippen LogP contribution in [-0.4, -0.2) is 25.0 Å². The molecule has 0 spiro atoms. The monoisotopic (exact) mass is 515 g/mol. The fraction of sp³-hybridized carbons (Fsp3) is 1.00. The first-order valence-corrected chi connectivity index (χ1v) is 21.1. The van der Waals surface area contributed by atoms with Crippen LogP contribution in [0.15, 0.2) is 0 Å². The van der Waals surface area contributed by atoms with E-state index in [0.29, 0.717) is 0 Å². The minimum Gasteiger partial charge on any atom is -0.306 e. The Bertz CT molecular complexity index is 645. The number of hydrogen-bond acceptors (Lipinski definition) is 3. The second kappa shape index (κ2) is 19.9. The molecule has 120 valence electrons. The molecule has 0 saturated carbocycles. The van der Waals surface area contributed by atoms with E-state index in [1.165, 1.54) is 50.1 Å². The van der Waals surface area contributed by atoms with Gasteiger partial charge in [0.1, 0.15) is 0 Å². The molecule has 0 atom stereocenters. The zero-order valence-corrected chi connectivity index (χ0v) is 20.9. The standard InChI is InChI=1S/C6H13N.S13/c1-7-5-3-2-4-6-7;1-3-5-7-9-11-13-12-10-8-6-4-2/h2-6H2,1H3;. The van der Waals surface area contributed by atoms with Crippen LogP contribution in [-0.2, 0) is 120 Å². The third-order valence-corrected chi connectivity index (χ3v) is 24.1. The summed E-state index contributed by atoms with van der Waals surface area (Å²) in [5, 5.41) is 0. The van der Waals surface area contributed by atoms with Crippen LogP contribution in [0.25, 0.3) is 0 Å². The van der Waals surface area contributed by atoms with E-state index >= 15 is 0 Å². The van der Waals surface area contributed by atoms with E-state index < -0.39 is 0 Å². The molecular formula is C6H13NS13. The predicted molar refractivity (Wildman–Crippen MR) is 127 cm³/mol. The highest BCUT2D eigenvalue weighted by molar-refractivity contribution is 8.75. The van der Waals surface area contributed by atoms with Crippen molar-refractivity contribution in [1.29, 1.82) is 0 Å². The molecule has 0 bridgehead atoms. The maximum Gasteiger partial charge on any atom is 0 e. The summed E-state index contributed by atoms with van der Waals surface area (Å²) >= 11 is 9.40. The topological polar surface area (TPSA) is 3.24 Å². The number of piperidine rings is 1. The summed E-state index contributed by atoms with van der Waals surface area (Å²) in [5.41, 5.74) is 0. The third kappa shape index (κ3) is 18.9. The smallest absolute Gasteiger partial charge is 0 e. The summed E-state index contributed by atoms with van der Waals surface area (Å²) in [6.07, 6.45) is 4.28. The molecule has 14 heteroatoms. The summed E-state index contributed by atoms with van der Waals surface area (Å²) in [6, 6.07) is 0. The molecule has 1 heterocycles. The lowest BCUT2D eigenvalue weighted by Gasteiger charge is -2.20. The Hall–Kier alpha value is 2.82. The van der Waals surface area contributed by atoms with Crippen LogP contribution in [0.2, 0.25) is 0 Å². The molecule has 0 unspecified atom stereocenters. The highest BCUT2D eigenvalue weighted by atomic mass is 33.5. The number of hydrogen-bond donors (Lipinski definition) is 0. The molecule has 0 radical (unpaired) electrons. The molecular weight excluding hydrogens is 503 g/mol. The van der Waals surface area contributed by atoms with E-state index in [9.17, 15) is 0 Å². The van der Waals surface area contributed by atoms with Crippen molar-refractivity contribution in [1.82, 2.24) is 4.90 Å². The zero-order valence-electron chi connectivity index (χ0n) is 10.3. The van der Waals surface area contributed by atoms with E-state index in [4.69, 9.17) is 22.4 Å². The largest absolute Gasteiger partial charge is 0.306 e. The number of rotatable bonds is 0. The molecule has 1 fully saturated rings. The van der Waals surface area contributed by atoms with Gasteiger partial charge in [-0.15, -0.1) is 0 Å². The Morgan fingerprint density at radius 2 is 0.950 bits per heavy atom. The molecule has 20 heavy (non-hydrogen) atoms. The van der Waals surface area contributed by atoms with E-state index in [1.54, 1.807) is 79.9 Å². The van der Waals surface area contributed by atoms with E-state index in [0.717, 1.165) is 0 Å². The average Bonchev–Trinajstić information content (AvgIpc) is 2.47. The van der Waals surface area contributed by atoms with Gasteiger partial charge in [-0.25, -0.2) is 0 Å². The fourth-order valence-electron chi connectivity index (χ4n) is 1.15. The van der Waals surface area contributed by atoms with Crippen molar-refractivity contribution >= 4 is 120 Å². The minimum absolute atomic E-state index is 1.32. The van der Waals surface area contributed by atoms with Gasteiger partial charge in [0.15, 0.2) is 0 Å². The Morgan fingerprint density at radius 1 is 0.600 bits per heavy atom. The molecule has 1 aliphatic rings. The molecule has 0 aromatic rings. The predicted octanol–water partition coefficient (Wildman–Crippen LogP) is 1.07. The van der Waals surface area contributed by atoms with Crippen LogP contribution >= 0.6 is 0 Å². The number of likely N-dealkylation sites (tertiary alicyclic amines) is 1. The van der Waals surface area contributed by atoms with Crippen LogP contribution in [0.1, 0.15) is 19.3 Å². The van der Waals surface area contributed by atoms with Gasteiger partial charge in [0.2, 0.25) is 0 Å². The second-order valence-corrected chi connectivity index (χ2v) is 22.6. The van der Waals surface area contributed by atoms with Crippen molar-refractivity contribution in [2.75, 3.05) is 20.1 Å². The highest BCUT2D eigenvalue weighted by Crippen LogP contribution is 2.04. The van der Waals surface area contributed by atoms with Crippen LogP contribution in [0, 0.1) is 0 Å². The van der Waals surface area contributed by atoms with Gasteiger partial charge in [0, 0.05) is 120 Å². The summed E-state index contributed by atoms with van der Waals surface area (Å²) in [4.78, 5) is 2.39. The molecule has 0 aromatic heterocycles. The van der Waals surface area contributed by atoms with Gasteiger partial charge in [0.25, 0.3) is 0 Å². The SMILES string of the molecule is CN1CCCCC1.S=S=S=S=S=S=S=S=S=S=S=S=S. The van der Waals surface area contributed by atoms with Gasteiger partial charge in [-0.05, 0) is 33.0 Å². The van der Waals surface area contributed by atoms with E-state index in [1.807, 2.05) is 0 Å². The lowest BCUT2D eigenvalue weighted by atomic mass is 10.1. The molecule has 1 rings (SSSR count). The van der Waals surface area contributed by atoms with Gasteiger partial charge in [0.05, 0.1) is 0 Å². The minimum atomic E-state index is 1.32. The summed E-state index contributed by atoms with van der Waals surface area (Å²) < 4.78 is 0. The lowest BCUT2D eigenvalue weighted by molar-refractivity contribution is 0.277. The molecule has 1 nitrogen and oxygen atoms in total. The van der Waals surface area contributed by atoms with Gasteiger partial charge in [-0.3, -0.25) is 0 Å². The van der Waals surface area contributed by atoms with Crippen molar-refractivity contribution in [3.63, 3.8) is 0 Å². The fourth-order valence-corrected chi connectivity index (χ4v) is 25.9. The first-order valence-electron chi connectivity index (χ1n) is 5.08. The lowest BCUT2D eigenvalue weighted by Crippen LogP contribution is -2.24. The Balaban J connectivity index is 0.000000428. The summed E-state index contributed by atoms with van der Waals surface area (Å²) in [5.74, 6) is 0. The summed E-state index contributed by atoms with van der Waals surface area (Å²) in [7, 11) is 20.3. The molecule has 0 aliphatic carbocycles. The van der Waals surface area contributed by atoms with Crippen LogP contribution in [0.3, 0.4) is 0 Å². The van der Waals surface area contributed by atoms with Gasteiger partial charge >= 0.3 is 0 Å². The van der Waals surface area contributed by atoms with E-state index in [-0.39, 0.29) is 0 Å².